The molecule has 78 valence electrons. The molecule has 0 saturated carbocycles. The lowest BCUT2D eigenvalue weighted by Gasteiger charge is -2.06. The van der Waals surface area contributed by atoms with Crippen LogP contribution in [0.4, 0.5) is 0 Å². The average molecular weight is 220 g/mol. The Bertz CT molecular complexity index is 497. The van der Waals surface area contributed by atoms with Gasteiger partial charge in [0, 0.05) is 22.8 Å². The molecule has 3 nitrogen and oxygen atoms in total. The lowest BCUT2D eigenvalue weighted by atomic mass is 10.1. The lowest BCUT2D eigenvalue weighted by Crippen LogP contribution is -2.23. The monoisotopic (exact) mass is 220 g/mol. The molecule has 0 bridgehead atoms. The van der Waals surface area contributed by atoms with E-state index in [0.717, 1.165) is 15.4 Å². The summed E-state index contributed by atoms with van der Waals surface area (Å²) in [5.74, 6) is -1.11. The summed E-state index contributed by atoms with van der Waals surface area (Å²) in [5.41, 5.74) is 1.09. The highest BCUT2D eigenvalue weighted by atomic mass is 32.1. The number of hydrogen-bond acceptors (Lipinski definition) is 3. The smallest absolute Gasteiger partial charge is 0.109 e. The molecular weight excluding hydrogens is 210 g/mol. The Morgan fingerprint density at radius 1 is 1.33 bits per heavy atom. The van der Waals surface area contributed by atoms with Crippen LogP contribution in [0.3, 0.4) is 0 Å². The number of carboxylic acids is 1. The van der Waals surface area contributed by atoms with E-state index in [9.17, 15) is 9.90 Å². The molecule has 0 N–H and O–H groups in total. The summed E-state index contributed by atoms with van der Waals surface area (Å²) in [6.45, 7) is 3.73. The van der Waals surface area contributed by atoms with Crippen LogP contribution in [0, 0.1) is 13.8 Å². The van der Waals surface area contributed by atoms with Crippen molar-refractivity contribution in [3.63, 3.8) is 0 Å². The van der Waals surface area contributed by atoms with Gasteiger partial charge < -0.3 is 14.5 Å². The number of hydrogen-bond donors (Lipinski definition) is 0. The first-order valence-electron chi connectivity index (χ1n) is 4.56. The van der Waals surface area contributed by atoms with Crippen molar-refractivity contribution < 1.29 is 9.90 Å². The number of thiophene rings is 1. The predicted octanol–water partition coefficient (Wildman–Crippen LogP) is 1.52. The average Bonchev–Trinajstić information content (AvgIpc) is 2.75. The number of rotatable bonds is 2. The van der Waals surface area contributed by atoms with E-state index in [1.54, 1.807) is 4.57 Å². The van der Waals surface area contributed by atoms with Crippen molar-refractivity contribution in [3.05, 3.63) is 40.5 Å². The second-order valence-corrected chi connectivity index (χ2v) is 4.54. The number of nitrogens with zero attached hydrogens (tertiary/aromatic N) is 1. The van der Waals surface area contributed by atoms with Gasteiger partial charge in [-0.1, -0.05) is 0 Å². The van der Waals surface area contributed by atoms with Crippen molar-refractivity contribution in [3.8, 4) is 5.00 Å². The van der Waals surface area contributed by atoms with E-state index in [4.69, 9.17) is 0 Å². The molecule has 0 atom stereocenters. The number of carbonyl (C=O) groups excluding carboxylic acids is 1. The normalized spacial score (nSPS) is 10.5. The number of carboxylic acid groups (broad SMARTS) is 1. The van der Waals surface area contributed by atoms with Crippen LogP contribution in [-0.2, 0) is 0 Å². The van der Waals surface area contributed by atoms with Gasteiger partial charge in [-0.05, 0) is 31.5 Å². The molecule has 0 aliphatic rings. The largest absolute Gasteiger partial charge is 0.545 e. The highest BCUT2D eigenvalue weighted by Crippen LogP contribution is 2.30. The SMILES string of the molecule is Cc1sc(-n2cccc2)c(C(=O)[O-])c1C. The van der Waals surface area contributed by atoms with Crippen LogP contribution in [0.1, 0.15) is 20.8 Å². The van der Waals surface area contributed by atoms with Gasteiger partial charge in [-0.15, -0.1) is 11.3 Å². The van der Waals surface area contributed by atoms with Crippen molar-refractivity contribution in [2.24, 2.45) is 0 Å². The molecule has 0 fully saturated rings. The van der Waals surface area contributed by atoms with E-state index in [2.05, 4.69) is 0 Å². The second kappa shape index (κ2) is 3.55. The molecule has 2 aromatic heterocycles. The van der Waals surface area contributed by atoms with Crippen LogP contribution < -0.4 is 5.11 Å². The minimum absolute atomic E-state index is 0.300. The summed E-state index contributed by atoms with van der Waals surface area (Å²) < 4.78 is 1.80. The van der Waals surface area contributed by atoms with E-state index < -0.39 is 5.97 Å². The van der Waals surface area contributed by atoms with Crippen LogP contribution in [0.25, 0.3) is 5.00 Å². The van der Waals surface area contributed by atoms with Crippen molar-refractivity contribution in [1.29, 1.82) is 0 Å². The topological polar surface area (TPSA) is 45.1 Å². The Hall–Kier alpha value is -1.55. The molecule has 0 amide bonds. The number of aromatic carboxylic acids is 1. The first-order chi connectivity index (χ1) is 7.11. The van der Waals surface area contributed by atoms with Crippen LogP contribution in [0.5, 0.6) is 0 Å². The lowest BCUT2D eigenvalue weighted by molar-refractivity contribution is -0.255. The Kier molecular flexibility index (Phi) is 2.36. The fraction of sp³-hybridized carbons (Fsp3) is 0.182. The van der Waals surface area contributed by atoms with Crippen molar-refractivity contribution in [2.45, 2.75) is 13.8 Å². The van der Waals surface area contributed by atoms with Crippen LogP contribution >= 0.6 is 11.3 Å². The Balaban J connectivity index is 2.67. The first kappa shape index (κ1) is 9.98. The minimum atomic E-state index is -1.11. The highest BCUT2D eigenvalue weighted by molar-refractivity contribution is 7.15. The molecule has 0 aliphatic heterocycles. The molecule has 15 heavy (non-hydrogen) atoms. The van der Waals surface area contributed by atoms with Crippen LogP contribution in [-0.4, -0.2) is 10.5 Å². The summed E-state index contributed by atoms with van der Waals surface area (Å²) in [5, 5.41) is 11.8. The van der Waals surface area contributed by atoms with Gasteiger partial charge in [-0.25, -0.2) is 0 Å². The molecular formula is C11H10NO2S-. The van der Waals surface area contributed by atoms with Gasteiger partial charge >= 0.3 is 0 Å². The van der Waals surface area contributed by atoms with Crippen molar-refractivity contribution in [1.82, 2.24) is 4.57 Å². The van der Waals surface area contributed by atoms with Gasteiger partial charge in [0.1, 0.15) is 5.00 Å². The van der Waals surface area contributed by atoms with E-state index in [0.29, 0.717) is 5.56 Å². The number of carbonyl (C=O) groups is 1. The van der Waals surface area contributed by atoms with E-state index in [-0.39, 0.29) is 0 Å². The third-order valence-corrected chi connectivity index (χ3v) is 3.63. The molecule has 0 aromatic carbocycles. The summed E-state index contributed by atoms with van der Waals surface area (Å²) in [7, 11) is 0. The standard InChI is InChI=1S/C11H11NO2S/c1-7-8(2)15-10(9(7)11(13)14)12-5-3-4-6-12/h3-6H,1-2H3,(H,13,14)/p-1. The second-order valence-electron chi connectivity index (χ2n) is 3.34. The number of aromatic nitrogens is 1. The minimum Gasteiger partial charge on any atom is -0.545 e. The third-order valence-electron chi connectivity index (χ3n) is 2.41. The van der Waals surface area contributed by atoms with Crippen LogP contribution in [0.2, 0.25) is 0 Å². The summed E-state index contributed by atoms with van der Waals surface area (Å²) in [6.07, 6.45) is 3.66. The zero-order valence-electron chi connectivity index (χ0n) is 8.48. The van der Waals surface area contributed by atoms with E-state index >= 15 is 0 Å². The van der Waals surface area contributed by atoms with Gasteiger partial charge in [-0.2, -0.15) is 0 Å². The summed E-state index contributed by atoms with van der Waals surface area (Å²) in [6, 6.07) is 3.73. The molecule has 0 radical (unpaired) electrons. The first-order valence-corrected chi connectivity index (χ1v) is 5.37. The molecule has 2 rings (SSSR count). The van der Waals surface area contributed by atoms with Gasteiger partial charge in [0.05, 0.1) is 5.97 Å². The highest BCUT2D eigenvalue weighted by Gasteiger charge is 2.14. The molecule has 0 aliphatic carbocycles. The maximum Gasteiger partial charge on any atom is 0.109 e. The molecule has 0 unspecified atom stereocenters. The molecule has 2 heterocycles. The van der Waals surface area contributed by atoms with E-state index in [1.165, 1.54) is 11.3 Å². The molecule has 0 spiro atoms. The summed E-state index contributed by atoms with van der Waals surface area (Å²) >= 11 is 1.47. The van der Waals surface area contributed by atoms with Crippen molar-refractivity contribution >= 4 is 17.3 Å². The maximum atomic E-state index is 11.0. The molecule has 0 saturated heterocycles. The van der Waals surface area contributed by atoms with Gasteiger partial charge in [0.25, 0.3) is 0 Å². The zero-order chi connectivity index (χ0) is 11.0. The summed E-state index contributed by atoms with van der Waals surface area (Å²) in [4.78, 5) is 12.0. The van der Waals surface area contributed by atoms with Gasteiger partial charge in [-0.3, -0.25) is 0 Å². The number of aryl methyl sites for hydroxylation is 1. The van der Waals surface area contributed by atoms with Crippen molar-refractivity contribution in [2.75, 3.05) is 0 Å². The van der Waals surface area contributed by atoms with E-state index in [1.807, 2.05) is 38.4 Å². The van der Waals surface area contributed by atoms with Crippen LogP contribution in [0.15, 0.2) is 24.5 Å². The van der Waals surface area contributed by atoms with Gasteiger partial charge in [0.2, 0.25) is 0 Å². The Morgan fingerprint density at radius 2 is 1.93 bits per heavy atom. The predicted molar refractivity (Wildman–Crippen MR) is 57.5 cm³/mol. The van der Waals surface area contributed by atoms with Gasteiger partial charge in [0.15, 0.2) is 0 Å². The quantitative estimate of drug-likeness (QED) is 0.770. The molecule has 2 aromatic rings. The molecule has 4 heteroatoms. The maximum absolute atomic E-state index is 11.0. The zero-order valence-corrected chi connectivity index (χ0v) is 9.30. The fourth-order valence-electron chi connectivity index (χ4n) is 1.50. The fourth-order valence-corrected chi connectivity index (χ4v) is 2.61. The Morgan fingerprint density at radius 3 is 2.47 bits per heavy atom. The Labute approximate surface area is 91.6 Å². The third kappa shape index (κ3) is 1.57.